The van der Waals surface area contributed by atoms with E-state index in [-0.39, 0.29) is 26.7 Å². The van der Waals surface area contributed by atoms with Gasteiger partial charge in [0.2, 0.25) is 5.92 Å². The van der Waals surface area contributed by atoms with Crippen LogP contribution in [0.3, 0.4) is 0 Å². The summed E-state index contributed by atoms with van der Waals surface area (Å²) in [6.45, 7) is 14.6. The molecule has 7 heteroatoms. The number of pyridine rings is 1. The first-order valence-electron chi connectivity index (χ1n) is 11.7. The minimum atomic E-state index is -2.65. The SMILES string of the molecule is C=O.CC.CC.CCc1ccc(C(=O)Nc2cccc(C)c2)c(N2CCCC(F)(F)CC2)n1.[HH]. The van der Waals surface area contributed by atoms with Crippen LogP contribution in [-0.2, 0) is 11.2 Å². The summed E-state index contributed by atoms with van der Waals surface area (Å²) in [6.07, 6.45) is 0.756. The summed E-state index contributed by atoms with van der Waals surface area (Å²) < 4.78 is 27.5. The van der Waals surface area contributed by atoms with Gasteiger partial charge < -0.3 is 15.0 Å². The van der Waals surface area contributed by atoms with Gasteiger partial charge in [-0.3, -0.25) is 4.79 Å². The maximum atomic E-state index is 13.8. The van der Waals surface area contributed by atoms with Gasteiger partial charge in [0.25, 0.3) is 5.91 Å². The first-order valence-corrected chi connectivity index (χ1v) is 11.7. The number of carbonyl (C=O) groups is 2. The topological polar surface area (TPSA) is 62.3 Å². The fourth-order valence-electron chi connectivity index (χ4n) is 3.30. The van der Waals surface area contributed by atoms with Crippen molar-refractivity contribution < 1.29 is 19.8 Å². The van der Waals surface area contributed by atoms with Gasteiger partial charge in [0.15, 0.2) is 0 Å². The van der Waals surface area contributed by atoms with E-state index in [1.54, 1.807) is 6.07 Å². The van der Waals surface area contributed by atoms with Crippen molar-refractivity contribution in [3.63, 3.8) is 0 Å². The second-order valence-corrected chi connectivity index (χ2v) is 7.05. The molecule has 1 aliphatic rings. The number of amides is 1. The standard InChI is InChI=1S/C21H25F2N3O.2C2H6.CH2O.H2/c1-3-16-8-9-18(20(27)25-17-7-4-6-15(2)14-17)19(24-16)26-12-5-10-21(22,23)11-13-26;3*1-2;/h4,6-9,14H,3,5,10-13H2,1-2H3,(H,25,27);2*1-2H3;1H2;1H. The summed E-state index contributed by atoms with van der Waals surface area (Å²) in [4.78, 5) is 27.3. The van der Waals surface area contributed by atoms with Crippen molar-refractivity contribution in [1.82, 2.24) is 4.98 Å². The van der Waals surface area contributed by atoms with E-state index < -0.39 is 5.92 Å². The van der Waals surface area contributed by atoms with Crippen LogP contribution in [-0.4, -0.2) is 36.7 Å². The summed E-state index contributed by atoms with van der Waals surface area (Å²) in [7, 11) is 0. The van der Waals surface area contributed by atoms with Crippen molar-refractivity contribution >= 4 is 24.2 Å². The molecule has 1 saturated heterocycles. The molecule has 2 aromatic rings. The van der Waals surface area contributed by atoms with Crippen LogP contribution in [0, 0.1) is 6.92 Å². The Morgan fingerprint density at radius 2 is 1.79 bits per heavy atom. The molecule has 2 heterocycles. The van der Waals surface area contributed by atoms with E-state index in [2.05, 4.69) is 10.3 Å². The molecule has 1 fully saturated rings. The summed E-state index contributed by atoms with van der Waals surface area (Å²) in [5.74, 6) is -2.43. The summed E-state index contributed by atoms with van der Waals surface area (Å²) in [6, 6.07) is 11.1. The van der Waals surface area contributed by atoms with Crippen LogP contribution < -0.4 is 10.2 Å². The number of hydrogen-bond donors (Lipinski definition) is 1. The lowest BCUT2D eigenvalue weighted by Gasteiger charge is -2.24. The molecule has 1 amide bonds. The van der Waals surface area contributed by atoms with Gasteiger partial charge in [0.1, 0.15) is 12.6 Å². The Morgan fingerprint density at radius 3 is 2.39 bits per heavy atom. The molecule has 1 aromatic heterocycles. The number of benzene rings is 1. The molecule has 0 spiro atoms. The maximum Gasteiger partial charge on any atom is 0.259 e. The number of aromatic nitrogens is 1. The van der Waals surface area contributed by atoms with Crippen LogP contribution in [0.2, 0.25) is 0 Å². The van der Waals surface area contributed by atoms with Crippen LogP contribution in [0.4, 0.5) is 20.3 Å². The smallest absolute Gasteiger partial charge is 0.259 e. The number of nitrogens with one attached hydrogen (secondary N) is 1. The van der Waals surface area contributed by atoms with E-state index in [4.69, 9.17) is 4.79 Å². The molecule has 33 heavy (non-hydrogen) atoms. The second kappa shape index (κ2) is 15.9. The molecule has 0 unspecified atom stereocenters. The molecule has 0 aliphatic carbocycles. The maximum absolute atomic E-state index is 13.8. The Kier molecular flexibility index (Phi) is 14.5. The first kappa shape index (κ1) is 30.2. The van der Waals surface area contributed by atoms with Crippen molar-refractivity contribution in [3.8, 4) is 0 Å². The molecule has 0 bridgehead atoms. The number of rotatable bonds is 4. The second-order valence-electron chi connectivity index (χ2n) is 7.05. The molecule has 0 saturated carbocycles. The molecule has 186 valence electrons. The lowest BCUT2D eigenvalue weighted by atomic mass is 10.1. The Hall–Kier alpha value is -2.83. The number of anilines is 2. The first-order chi connectivity index (χ1) is 15.9. The molecule has 0 atom stereocenters. The van der Waals surface area contributed by atoms with Gasteiger partial charge in [-0.05, 0) is 49.6 Å². The zero-order valence-corrected chi connectivity index (χ0v) is 20.9. The van der Waals surface area contributed by atoms with Crippen LogP contribution in [0.1, 0.15) is 76.9 Å². The van der Waals surface area contributed by atoms with Crippen molar-refractivity contribution in [3.05, 3.63) is 53.2 Å². The molecular formula is C26H41F2N3O2. The number of halogens is 2. The fourth-order valence-corrected chi connectivity index (χ4v) is 3.30. The van der Waals surface area contributed by atoms with E-state index in [0.717, 1.165) is 17.7 Å². The highest BCUT2D eigenvalue weighted by molar-refractivity contribution is 6.07. The fraction of sp³-hybridized carbons (Fsp3) is 0.500. The quantitative estimate of drug-likeness (QED) is 0.531. The molecule has 3 rings (SSSR count). The van der Waals surface area contributed by atoms with Gasteiger partial charge in [-0.15, -0.1) is 0 Å². The van der Waals surface area contributed by atoms with Gasteiger partial charge in [-0.25, -0.2) is 13.8 Å². The Morgan fingerprint density at radius 1 is 1.12 bits per heavy atom. The highest BCUT2D eigenvalue weighted by Gasteiger charge is 2.33. The third-order valence-electron chi connectivity index (χ3n) is 4.83. The van der Waals surface area contributed by atoms with Gasteiger partial charge in [0.05, 0.1) is 5.56 Å². The highest BCUT2D eigenvalue weighted by Crippen LogP contribution is 2.31. The molecule has 1 N–H and O–H groups in total. The highest BCUT2D eigenvalue weighted by atomic mass is 19.3. The van der Waals surface area contributed by atoms with Gasteiger partial charge in [-0.2, -0.15) is 0 Å². The molecule has 0 radical (unpaired) electrons. The largest absolute Gasteiger partial charge is 0.356 e. The van der Waals surface area contributed by atoms with Gasteiger partial charge >= 0.3 is 0 Å². The zero-order valence-electron chi connectivity index (χ0n) is 20.9. The number of nitrogens with zero attached hydrogens (tertiary/aromatic N) is 2. The van der Waals surface area contributed by atoms with Crippen molar-refractivity contribution in [2.75, 3.05) is 23.3 Å². The third kappa shape index (κ3) is 9.68. The Bertz CT molecular complexity index is 851. The van der Waals surface area contributed by atoms with E-state index in [9.17, 15) is 13.6 Å². The summed E-state index contributed by atoms with van der Waals surface area (Å²) in [5, 5.41) is 2.89. The predicted octanol–water partition coefficient (Wildman–Crippen LogP) is 6.94. The Labute approximate surface area is 199 Å². The molecule has 1 aliphatic heterocycles. The monoisotopic (exact) mass is 465 g/mol. The van der Waals surface area contributed by atoms with E-state index in [1.165, 1.54) is 0 Å². The van der Waals surface area contributed by atoms with E-state index >= 15 is 0 Å². The lowest BCUT2D eigenvalue weighted by molar-refractivity contribution is -0.0980. The molecular weight excluding hydrogens is 424 g/mol. The van der Waals surface area contributed by atoms with Gasteiger partial charge in [-0.1, -0.05) is 46.8 Å². The number of hydrogen-bond acceptors (Lipinski definition) is 4. The third-order valence-corrected chi connectivity index (χ3v) is 4.83. The Balaban J connectivity index is 0. The van der Waals surface area contributed by atoms with E-state index in [0.29, 0.717) is 30.0 Å². The minimum absolute atomic E-state index is 0. The van der Waals surface area contributed by atoms with Crippen LogP contribution in [0.5, 0.6) is 0 Å². The normalized spacial score (nSPS) is 14.1. The van der Waals surface area contributed by atoms with Crippen LogP contribution in [0.15, 0.2) is 36.4 Å². The number of aryl methyl sites for hydroxylation is 2. The van der Waals surface area contributed by atoms with Crippen molar-refractivity contribution in [1.29, 1.82) is 0 Å². The van der Waals surface area contributed by atoms with Gasteiger partial charge in [0, 0.05) is 38.7 Å². The molecule has 5 nitrogen and oxygen atoms in total. The van der Waals surface area contributed by atoms with Crippen molar-refractivity contribution in [2.24, 2.45) is 0 Å². The number of alkyl halides is 2. The summed E-state index contributed by atoms with van der Waals surface area (Å²) >= 11 is 0. The predicted molar refractivity (Wildman–Crippen MR) is 136 cm³/mol. The minimum Gasteiger partial charge on any atom is -0.356 e. The van der Waals surface area contributed by atoms with Crippen molar-refractivity contribution in [2.45, 2.75) is 73.1 Å². The van der Waals surface area contributed by atoms with E-state index in [1.807, 2.05) is 83.6 Å². The lowest BCUT2D eigenvalue weighted by Crippen LogP contribution is -2.29. The molecule has 1 aromatic carbocycles. The number of carbonyl (C=O) groups excluding carboxylic acids is 2. The van der Waals surface area contributed by atoms with Crippen LogP contribution >= 0.6 is 0 Å². The van der Waals surface area contributed by atoms with Crippen LogP contribution in [0.25, 0.3) is 0 Å². The zero-order chi connectivity index (χ0) is 25.4. The summed E-state index contributed by atoms with van der Waals surface area (Å²) in [5.41, 5.74) is 3.00. The average molecular weight is 466 g/mol. The average Bonchev–Trinajstić information content (AvgIpc) is 3.03.